The summed E-state index contributed by atoms with van der Waals surface area (Å²) in [5.74, 6) is 0.618. The first kappa shape index (κ1) is 11.1. The molecule has 0 bridgehead atoms. The molecule has 3 nitrogen and oxygen atoms in total. The Kier molecular flexibility index (Phi) is 3.88. The van der Waals surface area contributed by atoms with Crippen molar-refractivity contribution in [3.8, 4) is 5.88 Å². The molecule has 0 radical (unpaired) electrons. The lowest BCUT2D eigenvalue weighted by Gasteiger charge is -2.04. The second-order valence-electron chi connectivity index (χ2n) is 3.27. The highest BCUT2D eigenvalue weighted by molar-refractivity contribution is 9.10. The van der Waals surface area contributed by atoms with Crippen LogP contribution >= 0.6 is 15.9 Å². The summed E-state index contributed by atoms with van der Waals surface area (Å²) in [5.41, 5.74) is 1.25. The van der Waals surface area contributed by atoms with E-state index in [9.17, 15) is 0 Å². The van der Waals surface area contributed by atoms with Gasteiger partial charge in [-0.3, -0.25) is 0 Å². The standard InChI is InChI=1S/C12H11BrN2O/c13-11-3-1-10(2-4-11)6-8-16-12-5-7-14-9-15-12/h1-5,7,9H,6,8H2. The lowest BCUT2D eigenvalue weighted by Crippen LogP contribution is -2.02. The number of ether oxygens (including phenoxy) is 1. The van der Waals surface area contributed by atoms with Gasteiger partial charge in [0.2, 0.25) is 5.88 Å². The van der Waals surface area contributed by atoms with Crippen molar-refractivity contribution < 1.29 is 4.74 Å². The number of hydrogen-bond acceptors (Lipinski definition) is 3. The molecule has 0 spiro atoms. The summed E-state index contributed by atoms with van der Waals surface area (Å²) in [6.45, 7) is 0.624. The molecular formula is C12H11BrN2O. The van der Waals surface area contributed by atoms with Gasteiger partial charge in [-0.15, -0.1) is 0 Å². The topological polar surface area (TPSA) is 35.0 Å². The predicted molar refractivity (Wildman–Crippen MR) is 65.4 cm³/mol. The minimum atomic E-state index is 0.618. The van der Waals surface area contributed by atoms with Crippen molar-refractivity contribution in [3.63, 3.8) is 0 Å². The molecule has 0 atom stereocenters. The predicted octanol–water partition coefficient (Wildman–Crippen LogP) is 2.86. The molecule has 0 unspecified atom stereocenters. The van der Waals surface area contributed by atoms with Gasteiger partial charge in [-0.1, -0.05) is 28.1 Å². The van der Waals surface area contributed by atoms with Crippen LogP contribution in [0.2, 0.25) is 0 Å². The van der Waals surface area contributed by atoms with Crippen LogP contribution in [0.1, 0.15) is 5.56 Å². The van der Waals surface area contributed by atoms with Crippen LogP contribution in [0, 0.1) is 0 Å². The minimum Gasteiger partial charge on any atom is -0.477 e. The fourth-order valence-corrected chi connectivity index (χ4v) is 1.55. The molecule has 0 aliphatic carbocycles. The van der Waals surface area contributed by atoms with Crippen molar-refractivity contribution in [1.29, 1.82) is 0 Å². The van der Waals surface area contributed by atoms with Crippen molar-refractivity contribution in [3.05, 3.63) is 52.9 Å². The molecule has 0 N–H and O–H groups in total. The van der Waals surface area contributed by atoms with Gasteiger partial charge in [-0.05, 0) is 17.7 Å². The Labute approximate surface area is 103 Å². The Bertz CT molecular complexity index is 431. The SMILES string of the molecule is Brc1ccc(CCOc2ccncn2)cc1. The lowest BCUT2D eigenvalue weighted by molar-refractivity contribution is 0.309. The summed E-state index contributed by atoms with van der Waals surface area (Å²) in [7, 11) is 0. The molecule has 1 aromatic heterocycles. The first-order valence-electron chi connectivity index (χ1n) is 4.98. The Morgan fingerprint density at radius 3 is 2.62 bits per heavy atom. The average molecular weight is 279 g/mol. The monoisotopic (exact) mass is 278 g/mol. The highest BCUT2D eigenvalue weighted by Crippen LogP contribution is 2.11. The molecular weight excluding hydrogens is 268 g/mol. The van der Waals surface area contributed by atoms with E-state index in [1.807, 2.05) is 12.1 Å². The third-order valence-electron chi connectivity index (χ3n) is 2.11. The molecule has 2 aromatic rings. The second-order valence-corrected chi connectivity index (χ2v) is 4.19. The highest BCUT2D eigenvalue weighted by atomic mass is 79.9. The van der Waals surface area contributed by atoms with Gasteiger partial charge in [-0.25, -0.2) is 9.97 Å². The zero-order valence-electron chi connectivity index (χ0n) is 8.64. The van der Waals surface area contributed by atoms with Gasteiger partial charge < -0.3 is 4.74 Å². The van der Waals surface area contributed by atoms with E-state index in [0.29, 0.717) is 12.5 Å². The fourth-order valence-electron chi connectivity index (χ4n) is 1.29. The van der Waals surface area contributed by atoms with Gasteiger partial charge >= 0.3 is 0 Å². The Morgan fingerprint density at radius 2 is 1.94 bits per heavy atom. The molecule has 0 amide bonds. The Morgan fingerprint density at radius 1 is 1.12 bits per heavy atom. The number of nitrogens with zero attached hydrogens (tertiary/aromatic N) is 2. The van der Waals surface area contributed by atoms with Crippen LogP contribution in [0.15, 0.2) is 47.3 Å². The van der Waals surface area contributed by atoms with Crippen LogP contribution in [0.25, 0.3) is 0 Å². The maximum absolute atomic E-state index is 5.48. The van der Waals surface area contributed by atoms with Crippen LogP contribution in [0.4, 0.5) is 0 Å². The van der Waals surface area contributed by atoms with E-state index in [1.165, 1.54) is 11.9 Å². The van der Waals surface area contributed by atoms with Gasteiger partial charge in [0.1, 0.15) is 6.33 Å². The van der Waals surface area contributed by atoms with Gasteiger partial charge in [0.15, 0.2) is 0 Å². The van der Waals surface area contributed by atoms with Crippen molar-refractivity contribution in [2.75, 3.05) is 6.61 Å². The van der Waals surface area contributed by atoms with Crippen LogP contribution in [0.3, 0.4) is 0 Å². The molecule has 1 aromatic carbocycles. The van der Waals surface area contributed by atoms with E-state index in [-0.39, 0.29) is 0 Å². The second kappa shape index (κ2) is 5.61. The average Bonchev–Trinajstić information content (AvgIpc) is 2.33. The van der Waals surface area contributed by atoms with E-state index < -0.39 is 0 Å². The third-order valence-corrected chi connectivity index (χ3v) is 2.64. The van der Waals surface area contributed by atoms with E-state index in [1.54, 1.807) is 12.3 Å². The third kappa shape index (κ3) is 3.31. The van der Waals surface area contributed by atoms with Crippen molar-refractivity contribution in [1.82, 2.24) is 9.97 Å². The lowest BCUT2D eigenvalue weighted by atomic mass is 10.2. The zero-order chi connectivity index (χ0) is 11.2. The molecule has 0 aliphatic heterocycles. The van der Waals surface area contributed by atoms with Gasteiger partial charge in [0, 0.05) is 23.2 Å². The zero-order valence-corrected chi connectivity index (χ0v) is 10.2. The first-order chi connectivity index (χ1) is 7.84. The van der Waals surface area contributed by atoms with Gasteiger partial charge in [-0.2, -0.15) is 0 Å². The van der Waals surface area contributed by atoms with Crippen LogP contribution < -0.4 is 4.74 Å². The number of aromatic nitrogens is 2. The summed E-state index contributed by atoms with van der Waals surface area (Å²) in [5, 5.41) is 0. The van der Waals surface area contributed by atoms with E-state index in [2.05, 4.69) is 38.0 Å². The minimum absolute atomic E-state index is 0.618. The summed E-state index contributed by atoms with van der Waals surface area (Å²) in [4.78, 5) is 7.81. The van der Waals surface area contributed by atoms with Gasteiger partial charge in [0.25, 0.3) is 0 Å². The summed E-state index contributed by atoms with van der Waals surface area (Å²) in [6.07, 6.45) is 4.02. The van der Waals surface area contributed by atoms with Crippen LogP contribution in [0.5, 0.6) is 5.88 Å². The van der Waals surface area contributed by atoms with E-state index in [0.717, 1.165) is 10.9 Å². The van der Waals surface area contributed by atoms with Crippen molar-refractivity contribution in [2.24, 2.45) is 0 Å². The Balaban J connectivity index is 1.82. The molecule has 2 rings (SSSR count). The molecule has 0 saturated heterocycles. The summed E-state index contributed by atoms with van der Waals surface area (Å²) < 4.78 is 6.57. The molecule has 1 heterocycles. The van der Waals surface area contributed by atoms with Crippen molar-refractivity contribution >= 4 is 15.9 Å². The number of rotatable bonds is 4. The van der Waals surface area contributed by atoms with Crippen LogP contribution in [-0.4, -0.2) is 16.6 Å². The maximum Gasteiger partial charge on any atom is 0.216 e. The number of hydrogen-bond donors (Lipinski definition) is 0. The molecule has 82 valence electrons. The van der Waals surface area contributed by atoms with E-state index >= 15 is 0 Å². The Hall–Kier alpha value is -1.42. The fraction of sp³-hybridized carbons (Fsp3) is 0.167. The highest BCUT2D eigenvalue weighted by Gasteiger charge is 1.96. The molecule has 0 fully saturated rings. The largest absolute Gasteiger partial charge is 0.477 e. The quantitative estimate of drug-likeness (QED) is 0.863. The molecule has 16 heavy (non-hydrogen) atoms. The first-order valence-corrected chi connectivity index (χ1v) is 5.77. The summed E-state index contributed by atoms with van der Waals surface area (Å²) >= 11 is 3.40. The maximum atomic E-state index is 5.48. The summed E-state index contributed by atoms with van der Waals surface area (Å²) in [6, 6.07) is 9.96. The molecule has 0 saturated carbocycles. The number of halogens is 1. The van der Waals surface area contributed by atoms with E-state index in [4.69, 9.17) is 4.74 Å². The van der Waals surface area contributed by atoms with Crippen LogP contribution in [-0.2, 0) is 6.42 Å². The van der Waals surface area contributed by atoms with Gasteiger partial charge in [0.05, 0.1) is 6.61 Å². The normalized spacial score (nSPS) is 10.1. The molecule has 4 heteroatoms. The number of benzene rings is 1. The van der Waals surface area contributed by atoms with Crippen molar-refractivity contribution in [2.45, 2.75) is 6.42 Å². The molecule has 0 aliphatic rings. The smallest absolute Gasteiger partial charge is 0.216 e.